The molecule has 7 atom stereocenters. The molecule has 3 aliphatic rings. The maximum absolute atomic E-state index is 12.2. The molecule has 2 aromatic rings. The fourth-order valence-corrected chi connectivity index (χ4v) is 9.55. The van der Waals surface area contributed by atoms with Gasteiger partial charge in [-0.1, -0.05) is 103 Å². The predicted octanol–water partition coefficient (Wildman–Crippen LogP) is 6.07. The van der Waals surface area contributed by atoms with Crippen molar-refractivity contribution in [1.82, 2.24) is 0 Å². The second-order valence-electron chi connectivity index (χ2n) is 11.2. The molecule has 35 heavy (non-hydrogen) atoms. The number of aldehydes is 1. The SMILES string of the molecule is CC1=CC[C@H](C=O)[C@H]2[C@@H]3O[C@@H](C[C@H]([Si](C)(C)c4ccccc4)/C=C\C[C@@H]3OCc3ccccc3)[C@@H]12. The van der Waals surface area contributed by atoms with E-state index in [9.17, 15) is 4.79 Å². The van der Waals surface area contributed by atoms with Gasteiger partial charge in [-0.05, 0) is 37.3 Å². The Morgan fingerprint density at radius 2 is 1.74 bits per heavy atom. The summed E-state index contributed by atoms with van der Waals surface area (Å²) in [5.41, 5.74) is 3.03. The van der Waals surface area contributed by atoms with Gasteiger partial charge < -0.3 is 14.3 Å². The summed E-state index contributed by atoms with van der Waals surface area (Å²) in [4.78, 5) is 12.2. The molecular formula is C31H38O3Si. The lowest BCUT2D eigenvalue weighted by atomic mass is 9.68. The molecule has 0 aromatic heterocycles. The van der Waals surface area contributed by atoms with Crippen molar-refractivity contribution in [2.75, 3.05) is 0 Å². The Balaban J connectivity index is 1.49. The van der Waals surface area contributed by atoms with Gasteiger partial charge in [-0.25, -0.2) is 0 Å². The maximum atomic E-state index is 12.2. The molecule has 2 bridgehead atoms. The molecular weight excluding hydrogens is 448 g/mol. The van der Waals surface area contributed by atoms with Gasteiger partial charge in [-0.3, -0.25) is 0 Å². The van der Waals surface area contributed by atoms with Gasteiger partial charge in [0.2, 0.25) is 0 Å². The summed E-state index contributed by atoms with van der Waals surface area (Å²) in [6, 6.07) is 21.4. The summed E-state index contributed by atoms with van der Waals surface area (Å²) in [7, 11) is -1.79. The molecule has 0 radical (unpaired) electrons. The maximum Gasteiger partial charge on any atom is 0.123 e. The number of carbonyl (C=O) groups excluding carboxylic acids is 1. The van der Waals surface area contributed by atoms with Crippen LogP contribution in [0.4, 0.5) is 0 Å². The van der Waals surface area contributed by atoms with Crippen LogP contribution in [0.2, 0.25) is 18.6 Å². The molecule has 2 heterocycles. The average Bonchev–Trinajstić information content (AvgIpc) is 3.30. The van der Waals surface area contributed by atoms with Gasteiger partial charge >= 0.3 is 0 Å². The Labute approximate surface area is 211 Å². The Bertz CT molecular complexity index is 1060. The number of rotatable bonds is 6. The van der Waals surface area contributed by atoms with Crippen LogP contribution >= 0.6 is 0 Å². The summed E-state index contributed by atoms with van der Waals surface area (Å²) >= 11 is 0. The molecule has 0 unspecified atom stereocenters. The third kappa shape index (κ3) is 4.89. The van der Waals surface area contributed by atoms with Gasteiger partial charge in [0.05, 0.1) is 33.0 Å². The molecule has 0 N–H and O–H groups in total. The van der Waals surface area contributed by atoms with E-state index in [-0.39, 0.29) is 30.1 Å². The normalized spacial score (nSPS) is 33.6. The minimum absolute atomic E-state index is 0.00256. The van der Waals surface area contributed by atoms with E-state index in [1.807, 2.05) is 6.07 Å². The van der Waals surface area contributed by atoms with Crippen LogP contribution in [-0.4, -0.2) is 32.7 Å². The topological polar surface area (TPSA) is 35.5 Å². The molecule has 3 nitrogen and oxygen atoms in total. The molecule has 2 aliphatic heterocycles. The first-order valence-corrected chi connectivity index (χ1v) is 16.2. The van der Waals surface area contributed by atoms with Gasteiger partial charge in [0, 0.05) is 17.8 Å². The van der Waals surface area contributed by atoms with Crippen LogP contribution in [0.3, 0.4) is 0 Å². The summed E-state index contributed by atoms with van der Waals surface area (Å²) in [5.74, 6) is 0.487. The number of ether oxygens (including phenoxy) is 2. The van der Waals surface area contributed by atoms with Crippen molar-refractivity contribution in [3.63, 3.8) is 0 Å². The van der Waals surface area contributed by atoms with Gasteiger partial charge in [0.15, 0.2) is 0 Å². The van der Waals surface area contributed by atoms with Crippen LogP contribution in [0.1, 0.15) is 31.7 Å². The first-order valence-electron chi connectivity index (χ1n) is 13.1. The number of allylic oxidation sites excluding steroid dienone is 2. The molecule has 4 heteroatoms. The van der Waals surface area contributed by atoms with E-state index in [0.29, 0.717) is 18.1 Å². The number of fused-ring (bicyclic) bond motifs is 5. The number of benzene rings is 2. The van der Waals surface area contributed by atoms with Crippen LogP contribution < -0.4 is 5.19 Å². The molecule has 1 fully saturated rings. The van der Waals surface area contributed by atoms with Crippen LogP contribution in [0, 0.1) is 17.8 Å². The number of hydrogen-bond donors (Lipinski definition) is 0. The summed E-state index contributed by atoms with van der Waals surface area (Å²) < 4.78 is 13.5. The molecule has 5 rings (SSSR count). The number of carbonyl (C=O) groups is 1. The zero-order valence-corrected chi connectivity index (χ0v) is 22.2. The highest BCUT2D eigenvalue weighted by molar-refractivity contribution is 6.91. The van der Waals surface area contributed by atoms with Crippen molar-refractivity contribution in [3.8, 4) is 0 Å². The van der Waals surface area contributed by atoms with E-state index in [4.69, 9.17) is 9.47 Å². The van der Waals surface area contributed by atoms with Gasteiger partial charge in [0.25, 0.3) is 0 Å². The molecule has 0 spiro atoms. The third-order valence-electron chi connectivity index (χ3n) is 8.77. The van der Waals surface area contributed by atoms with E-state index < -0.39 is 8.07 Å². The summed E-state index contributed by atoms with van der Waals surface area (Å²) in [6.07, 6.45) is 10.9. The van der Waals surface area contributed by atoms with Crippen molar-refractivity contribution in [2.24, 2.45) is 17.8 Å². The molecule has 0 amide bonds. The molecule has 1 aliphatic carbocycles. The second kappa shape index (κ2) is 10.4. The third-order valence-corrected chi connectivity index (χ3v) is 12.9. The van der Waals surface area contributed by atoms with Crippen molar-refractivity contribution < 1.29 is 14.3 Å². The summed E-state index contributed by atoms with van der Waals surface area (Å²) in [6.45, 7) is 7.78. The first-order chi connectivity index (χ1) is 17.0. The Kier molecular flexibility index (Phi) is 7.24. The van der Waals surface area contributed by atoms with E-state index in [1.54, 1.807) is 0 Å². The molecule has 1 saturated heterocycles. The van der Waals surface area contributed by atoms with Crippen molar-refractivity contribution in [3.05, 3.63) is 90.0 Å². The van der Waals surface area contributed by atoms with Gasteiger partial charge in [-0.15, -0.1) is 0 Å². The van der Waals surface area contributed by atoms with Crippen LogP contribution in [-0.2, 0) is 20.9 Å². The largest absolute Gasteiger partial charge is 0.371 e. The monoisotopic (exact) mass is 486 g/mol. The van der Waals surface area contributed by atoms with E-state index in [0.717, 1.165) is 19.3 Å². The van der Waals surface area contributed by atoms with E-state index in [1.165, 1.54) is 22.6 Å². The number of hydrogen-bond acceptors (Lipinski definition) is 3. The lowest BCUT2D eigenvalue weighted by Gasteiger charge is -2.37. The second-order valence-corrected chi connectivity index (χ2v) is 15.9. The molecule has 2 aromatic carbocycles. The average molecular weight is 487 g/mol. The zero-order valence-electron chi connectivity index (χ0n) is 21.2. The quantitative estimate of drug-likeness (QED) is 0.282. The lowest BCUT2D eigenvalue weighted by molar-refractivity contribution is -0.117. The smallest absolute Gasteiger partial charge is 0.123 e. The molecule has 184 valence electrons. The standard InChI is InChI=1S/C31H38O3Si/c1-22-17-18-24(20-32)30-29(22)28-19-26(35(2,3)25-13-8-5-9-14-25)15-10-16-27(31(30)34-28)33-21-23-11-6-4-7-12-23/h4-15,17,20,24,26-31H,16,18-19,21H2,1-3H3/b15-10-/t24-,26-,27+,28+,29-,30-,31-/m1/s1. The van der Waals surface area contributed by atoms with Crippen molar-refractivity contribution in [1.29, 1.82) is 0 Å². The Hall–Kier alpha value is -2.27. The fourth-order valence-electron chi connectivity index (χ4n) is 6.63. The van der Waals surface area contributed by atoms with Crippen molar-refractivity contribution >= 4 is 19.5 Å². The van der Waals surface area contributed by atoms with Gasteiger partial charge in [-0.2, -0.15) is 0 Å². The predicted molar refractivity (Wildman–Crippen MR) is 144 cm³/mol. The fraction of sp³-hybridized carbons (Fsp3) is 0.452. The van der Waals surface area contributed by atoms with Crippen LogP contribution in [0.15, 0.2) is 84.5 Å². The Morgan fingerprint density at radius 1 is 1.03 bits per heavy atom. The highest BCUT2D eigenvalue weighted by Crippen LogP contribution is 2.51. The first kappa shape index (κ1) is 24.4. The minimum Gasteiger partial charge on any atom is -0.371 e. The highest BCUT2D eigenvalue weighted by atomic mass is 28.3. The van der Waals surface area contributed by atoms with Crippen molar-refractivity contribution in [2.45, 2.75) is 69.7 Å². The highest BCUT2D eigenvalue weighted by Gasteiger charge is 2.53. The van der Waals surface area contributed by atoms with Crippen LogP contribution in [0.25, 0.3) is 0 Å². The minimum atomic E-state index is -1.79. The van der Waals surface area contributed by atoms with E-state index in [2.05, 4.69) is 92.8 Å². The Morgan fingerprint density at radius 3 is 2.46 bits per heavy atom. The summed E-state index contributed by atoms with van der Waals surface area (Å²) in [5, 5.41) is 1.48. The van der Waals surface area contributed by atoms with Crippen LogP contribution in [0.5, 0.6) is 0 Å². The molecule has 0 saturated carbocycles. The lowest BCUT2D eigenvalue weighted by Crippen LogP contribution is -2.47. The zero-order chi connectivity index (χ0) is 24.4. The van der Waals surface area contributed by atoms with E-state index >= 15 is 0 Å². The van der Waals surface area contributed by atoms with Gasteiger partial charge in [0.1, 0.15) is 6.29 Å².